The third-order valence-corrected chi connectivity index (χ3v) is 4.11. The molecule has 3 rings (SSSR count). The van der Waals surface area contributed by atoms with Crippen molar-refractivity contribution < 1.29 is 9.53 Å². The third-order valence-electron chi connectivity index (χ3n) is 4.11. The molecule has 25 heavy (non-hydrogen) atoms. The highest BCUT2D eigenvalue weighted by Crippen LogP contribution is 2.18. The van der Waals surface area contributed by atoms with E-state index in [1.807, 2.05) is 35.1 Å². The minimum atomic E-state index is -0.259. The first-order valence-electron chi connectivity index (χ1n) is 8.73. The molecule has 2 heterocycles. The van der Waals surface area contributed by atoms with Crippen LogP contribution in [-0.2, 0) is 17.8 Å². The second-order valence-electron chi connectivity index (χ2n) is 6.12. The summed E-state index contributed by atoms with van der Waals surface area (Å²) in [5, 5.41) is 9.99. The summed E-state index contributed by atoms with van der Waals surface area (Å²) in [5.74, 6) is 0. The van der Waals surface area contributed by atoms with Crippen LogP contribution >= 0.6 is 0 Å². The molecule has 0 bridgehead atoms. The molecule has 134 valence electrons. The molecule has 1 fully saturated rings. The average molecular weight is 343 g/mol. The lowest BCUT2D eigenvalue weighted by Gasteiger charge is -2.27. The van der Waals surface area contributed by atoms with E-state index < -0.39 is 0 Å². The minimum absolute atomic E-state index is 0.259. The first kappa shape index (κ1) is 17.4. The van der Waals surface area contributed by atoms with E-state index in [1.165, 1.54) is 0 Å². The first-order valence-corrected chi connectivity index (χ1v) is 8.73. The maximum atomic E-state index is 12.3. The smallest absolute Gasteiger partial charge is 0.323 e. The number of carbonyl (C=O) groups excluding carboxylic acids is 1. The van der Waals surface area contributed by atoms with Crippen molar-refractivity contribution in [1.29, 1.82) is 0 Å². The van der Waals surface area contributed by atoms with Gasteiger partial charge in [0.2, 0.25) is 0 Å². The number of hydrogen-bond acceptors (Lipinski definition) is 4. The summed E-state index contributed by atoms with van der Waals surface area (Å²) < 4.78 is 7.21. The van der Waals surface area contributed by atoms with Crippen molar-refractivity contribution in [2.45, 2.75) is 26.4 Å². The first-order chi connectivity index (χ1) is 12.2. The normalized spacial score (nSPS) is 15.1. The molecule has 2 amide bonds. The molecule has 2 aromatic rings. The van der Waals surface area contributed by atoms with Crippen LogP contribution in [0.25, 0.3) is 0 Å². The van der Waals surface area contributed by atoms with Crippen molar-refractivity contribution in [2.24, 2.45) is 0 Å². The van der Waals surface area contributed by atoms with Gasteiger partial charge in [-0.05, 0) is 18.1 Å². The van der Waals surface area contributed by atoms with E-state index in [9.17, 15) is 4.79 Å². The fourth-order valence-corrected chi connectivity index (χ4v) is 2.84. The fourth-order valence-electron chi connectivity index (χ4n) is 2.84. The zero-order chi connectivity index (χ0) is 17.5. The Hall–Kier alpha value is -2.38. The van der Waals surface area contributed by atoms with Crippen LogP contribution in [0, 0.1) is 0 Å². The van der Waals surface area contributed by atoms with Crippen LogP contribution in [0.4, 0.5) is 16.2 Å². The number of aryl methyl sites for hydroxylation is 1. The lowest BCUT2D eigenvalue weighted by atomic mass is 10.1. The second-order valence-corrected chi connectivity index (χ2v) is 6.12. The Balaban J connectivity index is 1.60. The molecule has 1 aromatic carbocycles. The lowest BCUT2D eigenvalue weighted by Crippen LogP contribution is -2.36. The Kier molecular flexibility index (Phi) is 6.03. The van der Waals surface area contributed by atoms with E-state index in [1.54, 1.807) is 6.20 Å². The molecule has 0 unspecified atom stereocenters. The van der Waals surface area contributed by atoms with E-state index in [4.69, 9.17) is 4.74 Å². The number of aromatic nitrogens is 2. The average Bonchev–Trinajstić information content (AvgIpc) is 3.05. The van der Waals surface area contributed by atoms with Gasteiger partial charge in [-0.25, -0.2) is 4.79 Å². The van der Waals surface area contributed by atoms with Crippen LogP contribution in [0.5, 0.6) is 0 Å². The number of morpholine rings is 1. The monoisotopic (exact) mass is 343 g/mol. The van der Waals surface area contributed by atoms with E-state index >= 15 is 0 Å². The molecular formula is C18H25N5O2. The van der Waals surface area contributed by atoms with Gasteiger partial charge < -0.3 is 15.4 Å². The highest BCUT2D eigenvalue weighted by atomic mass is 16.5. The Bertz CT molecular complexity index is 694. The lowest BCUT2D eigenvalue weighted by molar-refractivity contribution is 0.0343. The summed E-state index contributed by atoms with van der Waals surface area (Å²) in [6, 6.07) is 7.64. The summed E-state index contributed by atoms with van der Waals surface area (Å²) in [7, 11) is 0. The summed E-state index contributed by atoms with van der Waals surface area (Å²) >= 11 is 0. The Morgan fingerprint density at radius 3 is 2.84 bits per heavy atom. The molecule has 0 spiro atoms. The van der Waals surface area contributed by atoms with Crippen LogP contribution in [-0.4, -0.2) is 47.0 Å². The van der Waals surface area contributed by atoms with Crippen molar-refractivity contribution >= 4 is 17.4 Å². The molecule has 7 nitrogen and oxygen atoms in total. The zero-order valence-corrected chi connectivity index (χ0v) is 14.6. The van der Waals surface area contributed by atoms with Gasteiger partial charge >= 0.3 is 6.03 Å². The van der Waals surface area contributed by atoms with Gasteiger partial charge in [0.05, 0.1) is 25.1 Å². The molecule has 1 aliphatic heterocycles. The molecule has 0 saturated carbocycles. The van der Waals surface area contributed by atoms with Crippen LogP contribution in [0.2, 0.25) is 0 Å². The number of ether oxygens (including phenoxy) is 1. The van der Waals surface area contributed by atoms with Crippen molar-refractivity contribution in [3.8, 4) is 0 Å². The summed E-state index contributed by atoms with van der Waals surface area (Å²) in [6.45, 7) is 7.08. The number of carbonyl (C=O) groups is 1. The highest BCUT2D eigenvalue weighted by molar-refractivity contribution is 6.00. The Morgan fingerprint density at radius 1 is 1.24 bits per heavy atom. The fraction of sp³-hybridized carbons (Fsp3) is 0.444. The topological polar surface area (TPSA) is 71.4 Å². The Morgan fingerprint density at radius 2 is 2.04 bits per heavy atom. The number of para-hydroxylation sites is 1. The third kappa shape index (κ3) is 5.04. The van der Waals surface area contributed by atoms with Gasteiger partial charge in [0.25, 0.3) is 0 Å². The predicted molar refractivity (Wildman–Crippen MR) is 97.7 cm³/mol. The maximum Gasteiger partial charge on any atom is 0.323 e. The SMILES string of the molecule is CCCn1cc(NC(=O)Nc2ccccc2CN2CCOCC2)cn1. The quantitative estimate of drug-likeness (QED) is 0.846. The number of hydrogen-bond donors (Lipinski definition) is 2. The van der Waals surface area contributed by atoms with Gasteiger partial charge in [-0.1, -0.05) is 25.1 Å². The van der Waals surface area contributed by atoms with Gasteiger partial charge in [0.1, 0.15) is 0 Å². The molecule has 2 N–H and O–H groups in total. The van der Waals surface area contributed by atoms with Crippen molar-refractivity contribution in [2.75, 3.05) is 36.9 Å². The largest absolute Gasteiger partial charge is 0.379 e. The molecule has 0 atom stereocenters. The van der Waals surface area contributed by atoms with Crippen molar-refractivity contribution in [3.63, 3.8) is 0 Å². The molecule has 7 heteroatoms. The minimum Gasteiger partial charge on any atom is -0.379 e. The summed E-state index contributed by atoms with van der Waals surface area (Å²) in [4.78, 5) is 14.6. The number of rotatable bonds is 6. The van der Waals surface area contributed by atoms with E-state index in [2.05, 4.69) is 27.6 Å². The Labute approximate surface area is 148 Å². The highest BCUT2D eigenvalue weighted by Gasteiger charge is 2.14. The van der Waals surface area contributed by atoms with Crippen LogP contribution in [0.1, 0.15) is 18.9 Å². The van der Waals surface area contributed by atoms with Gasteiger partial charge in [-0.3, -0.25) is 9.58 Å². The molecule has 1 aromatic heterocycles. The van der Waals surface area contributed by atoms with Gasteiger partial charge in [0.15, 0.2) is 0 Å². The molecule has 0 radical (unpaired) electrons. The second kappa shape index (κ2) is 8.64. The van der Waals surface area contributed by atoms with Crippen molar-refractivity contribution in [3.05, 3.63) is 42.2 Å². The summed E-state index contributed by atoms with van der Waals surface area (Å²) in [5.41, 5.74) is 2.62. The van der Waals surface area contributed by atoms with Crippen LogP contribution < -0.4 is 10.6 Å². The van der Waals surface area contributed by atoms with Gasteiger partial charge in [-0.2, -0.15) is 5.10 Å². The molecule has 0 aliphatic carbocycles. The predicted octanol–water partition coefficient (Wildman–Crippen LogP) is 2.77. The standard InChI is InChI=1S/C18H25N5O2/c1-2-7-23-14-16(12-19-23)20-18(24)21-17-6-4-3-5-15(17)13-22-8-10-25-11-9-22/h3-6,12,14H,2,7-11,13H2,1H3,(H2,20,21,24). The number of anilines is 2. The summed E-state index contributed by atoms with van der Waals surface area (Å²) in [6.07, 6.45) is 4.50. The van der Waals surface area contributed by atoms with Crippen LogP contribution in [0.3, 0.4) is 0 Å². The number of nitrogens with one attached hydrogen (secondary N) is 2. The van der Waals surface area contributed by atoms with E-state index in [0.717, 1.165) is 57.1 Å². The number of nitrogens with zero attached hydrogens (tertiary/aromatic N) is 3. The van der Waals surface area contributed by atoms with E-state index in [0.29, 0.717) is 5.69 Å². The number of amides is 2. The van der Waals surface area contributed by atoms with Crippen LogP contribution in [0.15, 0.2) is 36.7 Å². The molecular weight excluding hydrogens is 318 g/mol. The van der Waals surface area contributed by atoms with E-state index in [-0.39, 0.29) is 6.03 Å². The van der Waals surface area contributed by atoms with Crippen molar-refractivity contribution in [1.82, 2.24) is 14.7 Å². The molecule has 1 saturated heterocycles. The van der Waals surface area contributed by atoms with Gasteiger partial charge in [0, 0.05) is 38.1 Å². The molecule has 1 aliphatic rings. The maximum absolute atomic E-state index is 12.3. The van der Waals surface area contributed by atoms with Gasteiger partial charge in [-0.15, -0.1) is 0 Å². The number of benzene rings is 1. The number of urea groups is 1. The zero-order valence-electron chi connectivity index (χ0n) is 14.6.